The Morgan fingerprint density at radius 1 is 1.40 bits per heavy atom. The van der Waals surface area contributed by atoms with Gasteiger partial charge in [-0.25, -0.2) is 0 Å². The predicted molar refractivity (Wildman–Crippen MR) is 51.7 cm³/mol. The average Bonchev–Trinajstić information content (AvgIpc) is 2.44. The first-order valence-corrected chi connectivity index (χ1v) is 5.26. The maximum Gasteiger partial charge on any atom is -0.00672 e. The molecule has 10 heavy (non-hydrogen) atoms. The fourth-order valence-electron chi connectivity index (χ4n) is 0.714. The van der Waals surface area contributed by atoms with E-state index in [2.05, 4.69) is 25.3 Å². The monoisotopic (exact) mass is 158 g/mol. The van der Waals surface area contributed by atoms with Crippen LogP contribution in [0.15, 0.2) is 12.7 Å². The molecule has 0 aromatic rings. The van der Waals surface area contributed by atoms with E-state index in [1.54, 1.807) is 0 Å². The Labute approximate surface area is 69.1 Å². The summed E-state index contributed by atoms with van der Waals surface area (Å²) >= 11 is 2.07. The summed E-state index contributed by atoms with van der Waals surface area (Å²) in [5.74, 6) is 2.83. The zero-order chi connectivity index (χ0) is 7.66. The Morgan fingerprint density at radius 3 is 2.10 bits per heavy atom. The number of rotatable bonds is 2. The van der Waals surface area contributed by atoms with Gasteiger partial charge in [0.1, 0.15) is 0 Å². The zero-order valence-corrected chi connectivity index (χ0v) is 7.75. The van der Waals surface area contributed by atoms with Gasteiger partial charge in [-0.1, -0.05) is 19.4 Å². The molecule has 0 spiro atoms. The van der Waals surface area contributed by atoms with E-state index in [0.717, 1.165) is 6.42 Å². The van der Waals surface area contributed by atoms with Gasteiger partial charge in [0, 0.05) is 0 Å². The van der Waals surface area contributed by atoms with E-state index in [1.807, 2.05) is 6.08 Å². The van der Waals surface area contributed by atoms with Crippen molar-refractivity contribution in [2.45, 2.75) is 32.6 Å². The molecule has 0 saturated carbocycles. The second kappa shape index (κ2) is 9.09. The highest BCUT2D eigenvalue weighted by Gasteiger charge is 1.95. The third-order valence-electron chi connectivity index (χ3n) is 1.32. The van der Waals surface area contributed by atoms with Crippen LogP contribution < -0.4 is 0 Å². The summed E-state index contributed by atoms with van der Waals surface area (Å²) in [6, 6.07) is 0. The van der Waals surface area contributed by atoms with E-state index in [1.165, 1.54) is 30.8 Å². The average molecular weight is 158 g/mol. The van der Waals surface area contributed by atoms with Gasteiger partial charge in [0.15, 0.2) is 0 Å². The van der Waals surface area contributed by atoms with Gasteiger partial charge in [-0.05, 0) is 30.8 Å². The fourth-order valence-corrected chi connectivity index (χ4v) is 1.74. The van der Waals surface area contributed by atoms with Gasteiger partial charge in [0.05, 0.1) is 0 Å². The van der Waals surface area contributed by atoms with Gasteiger partial charge in [0.2, 0.25) is 0 Å². The van der Waals surface area contributed by atoms with E-state index in [0.29, 0.717) is 0 Å². The topological polar surface area (TPSA) is 0 Å². The van der Waals surface area contributed by atoms with Gasteiger partial charge >= 0.3 is 0 Å². The molecule has 0 atom stereocenters. The van der Waals surface area contributed by atoms with Crippen molar-refractivity contribution in [1.82, 2.24) is 0 Å². The van der Waals surface area contributed by atoms with Crippen LogP contribution in [-0.2, 0) is 0 Å². The van der Waals surface area contributed by atoms with Crippen LogP contribution in [0.4, 0.5) is 0 Å². The van der Waals surface area contributed by atoms with Crippen molar-refractivity contribution in [2.75, 3.05) is 11.5 Å². The quantitative estimate of drug-likeness (QED) is 0.554. The number of unbranched alkanes of at least 4 members (excludes halogenated alkanes) is 1. The Bertz CT molecular complexity index is 57.5. The van der Waals surface area contributed by atoms with E-state index in [9.17, 15) is 0 Å². The maximum absolute atomic E-state index is 3.55. The van der Waals surface area contributed by atoms with Crippen LogP contribution in [0.3, 0.4) is 0 Å². The minimum Gasteiger partial charge on any atom is -0.162 e. The van der Waals surface area contributed by atoms with E-state index in [-0.39, 0.29) is 0 Å². The van der Waals surface area contributed by atoms with Crippen LogP contribution in [0.2, 0.25) is 0 Å². The highest BCUT2D eigenvalue weighted by Crippen LogP contribution is 2.14. The molecule has 60 valence electrons. The molecule has 0 aromatic carbocycles. The zero-order valence-electron chi connectivity index (χ0n) is 6.94. The Kier molecular flexibility index (Phi) is 9.17. The first-order valence-electron chi connectivity index (χ1n) is 4.10. The summed E-state index contributed by atoms with van der Waals surface area (Å²) in [6.07, 6.45) is 7.23. The second-order valence-electron chi connectivity index (χ2n) is 2.40. The number of hydrogen-bond acceptors (Lipinski definition) is 1. The summed E-state index contributed by atoms with van der Waals surface area (Å²) < 4.78 is 0. The lowest BCUT2D eigenvalue weighted by Gasteiger charge is -1.72. The van der Waals surface area contributed by atoms with Crippen LogP contribution in [0, 0.1) is 0 Å². The SMILES string of the molecule is C1CCSC1.C=CCCC. The van der Waals surface area contributed by atoms with Crippen molar-refractivity contribution in [1.29, 1.82) is 0 Å². The summed E-state index contributed by atoms with van der Waals surface area (Å²) in [5, 5.41) is 0. The van der Waals surface area contributed by atoms with Gasteiger partial charge in [-0.15, -0.1) is 6.58 Å². The summed E-state index contributed by atoms with van der Waals surface area (Å²) in [7, 11) is 0. The van der Waals surface area contributed by atoms with Gasteiger partial charge in [-0.3, -0.25) is 0 Å². The van der Waals surface area contributed by atoms with Crippen molar-refractivity contribution >= 4 is 11.8 Å². The van der Waals surface area contributed by atoms with Crippen LogP contribution in [0.25, 0.3) is 0 Å². The molecule has 0 bridgehead atoms. The molecular formula is C9H18S. The van der Waals surface area contributed by atoms with Crippen LogP contribution >= 0.6 is 11.8 Å². The second-order valence-corrected chi connectivity index (χ2v) is 3.62. The van der Waals surface area contributed by atoms with E-state index < -0.39 is 0 Å². The largest absolute Gasteiger partial charge is 0.162 e. The van der Waals surface area contributed by atoms with E-state index in [4.69, 9.17) is 0 Å². The Hall–Kier alpha value is 0.0900. The fraction of sp³-hybridized carbons (Fsp3) is 0.778. The minimum atomic E-state index is 1.15. The van der Waals surface area contributed by atoms with Gasteiger partial charge in [0.25, 0.3) is 0 Å². The molecule has 1 fully saturated rings. The van der Waals surface area contributed by atoms with Crippen molar-refractivity contribution < 1.29 is 0 Å². The minimum absolute atomic E-state index is 1.15. The molecule has 0 aromatic heterocycles. The molecular weight excluding hydrogens is 140 g/mol. The lowest BCUT2D eigenvalue weighted by atomic mass is 10.3. The van der Waals surface area contributed by atoms with Crippen LogP contribution in [0.1, 0.15) is 32.6 Å². The highest BCUT2D eigenvalue weighted by atomic mass is 32.2. The molecule has 1 aliphatic rings. The Balaban J connectivity index is 0.000000162. The summed E-state index contributed by atoms with van der Waals surface area (Å²) in [5.41, 5.74) is 0. The Morgan fingerprint density at radius 2 is 2.00 bits per heavy atom. The van der Waals surface area contributed by atoms with Crippen molar-refractivity contribution in [2.24, 2.45) is 0 Å². The summed E-state index contributed by atoms with van der Waals surface area (Å²) in [6.45, 7) is 5.69. The molecule has 1 heteroatoms. The molecule has 0 amide bonds. The van der Waals surface area contributed by atoms with Gasteiger partial charge < -0.3 is 0 Å². The lowest BCUT2D eigenvalue weighted by Crippen LogP contribution is -1.58. The third kappa shape index (κ3) is 8.09. The third-order valence-corrected chi connectivity index (χ3v) is 2.47. The summed E-state index contributed by atoms with van der Waals surface area (Å²) in [4.78, 5) is 0. The molecule has 1 aliphatic heterocycles. The first-order chi connectivity index (χ1) is 4.91. The number of thioether (sulfide) groups is 1. The molecule has 0 aliphatic carbocycles. The maximum atomic E-state index is 3.55. The predicted octanol–water partition coefficient (Wildman–Crippen LogP) is 3.49. The van der Waals surface area contributed by atoms with Crippen molar-refractivity contribution in [3.63, 3.8) is 0 Å². The van der Waals surface area contributed by atoms with Crippen molar-refractivity contribution in [3.05, 3.63) is 12.7 Å². The molecule has 0 unspecified atom stereocenters. The van der Waals surface area contributed by atoms with E-state index >= 15 is 0 Å². The van der Waals surface area contributed by atoms with Gasteiger partial charge in [-0.2, -0.15) is 11.8 Å². The number of allylic oxidation sites excluding steroid dienone is 1. The molecule has 1 heterocycles. The normalized spacial score (nSPS) is 15.7. The van der Waals surface area contributed by atoms with Crippen LogP contribution in [0.5, 0.6) is 0 Å². The number of hydrogen-bond donors (Lipinski definition) is 0. The molecule has 0 nitrogen and oxygen atoms in total. The first kappa shape index (κ1) is 10.1. The molecule has 0 N–H and O–H groups in total. The van der Waals surface area contributed by atoms with Crippen molar-refractivity contribution in [3.8, 4) is 0 Å². The smallest absolute Gasteiger partial charge is 0.00672 e. The van der Waals surface area contributed by atoms with Crippen LogP contribution in [-0.4, -0.2) is 11.5 Å². The lowest BCUT2D eigenvalue weighted by molar-refractivity contribution is 0.949. The molecule has 0 radical (unpaired) electrons. The highest BCUT2D eigenvalue weighted by molar-refractivity contribution is 7.99. The molecule has 1 saturated heterocycles. The molecule has 1 rings (SSSR count). The standard InChI is InChI=1S/C5H10.C4H8S/c1-3-5-4-2;1-2-4-5-3-1/h3H,1,4-5H2,2H3;1-4H2.